The van der Waals surface area contributed by atoms with E-state index >= 15 is 0 Å². The minimum absolute atomic E-state index is 0.136. The molecule has 0 heterocycles. The molecule has 2 aromatic rings. The monoisotopic (exact) mass is 290 g/mol. The van der Waals surface area contributed by atoms with Crippen LogP contribution in [0, 0.1) is 0 Å². The van der Waals surface area contributed by atoms with E-state index in [-0.39, 0.29) is 11.2 Å². The Balaban J connectivity index is 1.98. The Labute approximate surface area is 122 Å². The first-order valence-corrected chi connectivity index (χ1v) is 6.94. The largest absolute Gasteiger partial charge is 0.293 e. The highest BCUT2D eigenvalue weighted by Crippen LogP contribution is 2.50. The first-order chi connectivity index (χ1) is 9.13. The SMILES string of the molecule is O=C(c1ccc(Cl)c(Cl)c1)C1(c2ccccc2)CC1. The van der Waals surface area contributed by atoms with Crippen LogP contribution in [-0.2, 0) is 5.41 Å². The Bertz CT molecular complexity index is 630. The molecule has 1 fully saturated rings. The molecule has 0 N–H and O–H groups in total. The number of benzene rings is 2. The lowest BCUT2D eigenvalue weighted by Crippen LogP contribution is -2.20. The lowest BCUT2D eigenvalue weighted by atomic mass is 9.87. The molecule has 19 heavy (non-hydrogen) atoms. The van der Waals surface area contributed by atoms with E-state index in [4.69, 9.17) is 23.2 Å². The highest BCUT2D eigenvalue weighted by molar-refractivity contribution is 6.42. The fourth-order valence-electron chi connectivity index (χ4n) is 2.44. The maximum Gasteiger partial charge on any atom is 0.173 e. The summed E-state index contributed by atoms with van der Waals surface area (Å²) in [5, 5.41) is 0.902. The summed E-state index contributed by atoms with van der Waals surface area (Å²) in [6.45, 7) is 0. The molecule has 0 aromatic heterocycles. The Hall–Kier alpha value is -1.31. The summed E-state index contributed by atoms with van der Waals surface area (Å²) in [5.74, 6) is 0.136. The van der Waals surface area contributed by atoms with Crippen LogP contribution >= 0.6 is 23.2 Å². The zero-order chi connectivity index (χ0) is 13.5. The third-order valence-electron chi connectivity index (χ3n) is 3.69. The standard InChI is InChI=1S/C16H12Cl2O/c17-13-7-6-11(10-14(13)18)15(19)16(8-9-16)12-4-2-1-3-5-12/h1-7,10H,8-9H2. The van der Waals surface area contributed by atoms with Gasteiger partial charge in [-0.3, -0.25) is 4.79 Å². The van der Waals surface area contributed by atoms with Gasteiger partial charge in [-0.25, -0.2) is 0 Å². The Morgan fingerprint density at radius 1 is 0.947 bits per heavy atom. The van der Waals surface area contributed by atoms with Gasteiger partial charge in [0.05, 0.1) is 15.5 Å². The number of Topliss-reactive ketones (excluding diaryl/α,β-unsaturated/α-hetero) is 1. The molecule has 1 nitrogen and oxygen atoms in total. The van der Waals surface area contributed by atoms with Crippen molar-refractivity contribution >= 4 is 29.0 Å². The molecule has 1 aliphatic carbocycles. The molecular weight excluding hydrogens is 279 g/mol. The second kappa shape index (κ2) is 4.66. The number of halogens is 2. The number of hydrogen-bond acceptors (Lipinski definition) is 1. The Morgan fingerprint density at radius 2 is 1.63 bits per heavy atom. The molecule has 3 heteroatoms. The van der Waals surface area contributed by atoms with Crippen LogP contribution in [0.25, 0.3) is 0 Å². The van der Waals surface area contributed by atoms with E-state index in [1.54, 1.807) is 18.2 Å². The highest BCUT2D eigenvalue weighted by atomic mass is 35.5. The predicted molar refractivity (Wildman–Crippen MR) is 78.1 cm³/mol. The average Bonchev–Trinajstić information content (AvgIpc) is 3.24. The van der Waals surface area contributed by atoms with Gasteiger partial charge in [-0.05, 0) is 36.6 Å². The van der Waals surface area contributed by atoms with E-state index in [0.29, 0.717) is 15.6 Å². The van der Waals surface area contributed by atoms with Gasteiger partial charge in [-0.15, -0.1) is 0 Å². The maximum atomic E-state index is 12.7. The van der Waals surface area contributed by atoms with Gasteiger partial charge in [0.15, 0.2) is 5.78 Å². The van der Waals surface area contributed by atoms with Crippen LogP contribution in [0.2, 0.25) is 10.0 Å². The fraction of sp³-hybridized carbons (Fsp3) is 0.188. The van der Waals surface area contributed by atoms with Crippen LogP contribution in [0.4, 0.5) is 0 Å². The maximum absolute atomic E-state index is 12.7. The molecular formula is C16H12Cl2O. The summed E-state index contributed by atoms with van der Waals surface area (Å²) in [4.78, 5) is 12.7. The summed E-state index contributed by atoms with van der Waals surface area (Å²) >= 11 is 11.9. The van der Waals surface area contributed by atoms with Crippen LogP contribution in [0.15, 0.2) is 48.5 Å². The Morgan fingerprint density at radius 3 is 2.21 bits per heavy atom. The van der Waals surface area contributed by atoms with Gasteiger partial charge < -0.3 is 0 Å². The van der Waals surface area contributed by atoms with Crippen molar-refractivity contribution in [1.29, 1.82) is 0 Å². The van der Waals surface area contributed by atoms with Crippen molar-refractivity contribution in [2.24, 2.45) is 0 Å². The zero-order valence-electron chi connectivity index (χ0n) is 10.2. The molecule has 1 aliphatic rings. The molecule has 0 atom stereocenters. The van der Waals surface area contributed by atoms with E-state index in [2.05, 4.69) is 0 Å². The number of rotatable bonds is 3. The van der Waals surface area contributed by atoms with Gasteiger partial charge in [0.1, 0.15) is 0 Å². The number of ketones is 1. The van der Waals surface area contributed by atoms with Gasteiger partial charge >= 0.3 is 0 Å². The second-order valence-electron chi connectivity index (χ2n) is 4.91. The van der Waals surface area contributed by atoms with Gasteiger partial charge in [-0.2, -0.15) is 0 Å². The third-order valence-corrected chi connectivity index (χ3v) is 4.43. The summed E-state index contributed by atoms with van der Waals surface area (Å²) < 4.78 is 0. The smallest absolute Gasteiger partial charge is 0.173 e. The van der Waals surface area contributed by atoms with E-state index in [1.165, 1.54) is 0 Å². The van der Waals surface area contributed by atoms with Crippen molar-refractivity contribution in [3.63, 3.8) is 0 Å². The quantitative estimate of drug-likeness (QED) is 0.734. The topological polar surface area (TPSA) is 17.1 Å². The average molecular weight is 291 g/mol. The molecule has 96 valence electrons. The van der Waals surface area contributed by atoms with E-state index in [1.807, 2.05) is 30.3 Å². The van der Waals surface area contributed by atoms with Gasteiger partial charge in [-0.1, -0.05) is 53.5 Å². The lowest BCUT2D eigenvalue weighted by molar-refractivity contribution is 0.0946. The van der Waals surface area contributed by atoms with E-state index < -0.39 is 0 Å². The van der Waals surface area contributed by atoms with Crippen LogP contribution in [0.3, 0.4) is 0 Å². The van der Waals surface area contributed by atoms with Crippen molar-refractivity contribution in [3.05, 3.63) is 69.7 Å². The minimum atomic E-state index is -0.349. The normalized spacial score (nSPS) is 16.1. The summed E-state index contributed by atoms with van der Waals surface area (Å²) in [5.41, 5.74) is 1.38. The summed E-state index contributed by atoms with van der Waals surface area (Å²) in [6, 6.07) is 15.0. The molecule has 1 saturated carbocycles. The molecule has 0 bridgehead atoms. The van der Waals surface area contributed by atoms with Gasteiger partial charge in [0.2, 0.25) is 0 Å². The fourth-order valence-corrected chi connectivity index (χ4v) is 2.74. The highest BCUT2D eigenvalue weighted by Gasteiger charge is 2.51. The molecule has 3 rings (SSSR count). The van der Waals surface area contributed by atoms with Crippen molar-refractivity contribution < 1.29 is 4.79 Å². The molecule has 0 unspecified atom stereocenters. The van der Waals surface area contributed by atoms with E-state index in [0.717, 1.165) is 18.4 Å². The summed E-state index contributed by atoms with van der Waals surface area (Å²) in [7, 11) is 0. The van der Waals surface area contributed by atoms with Crippen LogP contribution in [-0.4, -0.2) is 5.78 Å². The first-order valence-electron chi connectivity index (χ1n) is 6.19. The zero-order valence-corrected chi connectivity index (χ0v) is 11.7. The summed E-state index contributed by atoms with van der Waals surface area (Å²) in [6.07, 6.45) is 1.80. The van der Waals surface area contributed by atoms with Gasteiger partial charge in [0.25, 0.3) is 0 Å². The van der Waals surface area contributed by atoms with Crippen molar-refractivity contribution in [2.75, 3.05) is 0 Å². The van der Waals surface area contributed by atoms with Crippen LogP contribution in [0.5, 0.6) is 0 Å². The van der Waals surface area contributed by atoms with Crippen molar-refractivity contribution in [2.45, 2.75) is 18.3 Å². The molecule has 2 aromatic carbocycles. The van der Waals surface area contributed by atoms with Crippen LogP contribution < -0.4 is 0 Å². The van der Waals surface area contributed by atoms with Crippen molar-refractivity contribution in [1.82, 2.24) is 0 Å². The Kier molecular flexibility index (Phi) is 3.12. The third kappa shape index (κ3) is 2.18. The number of carbonyl (C=O) groups excluding carboxylic acids is 1. The van der Waals surface area contributed by atoms with Gasteiger partial charge in [0, 0.05) is 5.56 Å². The molecule has 0 amide bonds. The van der Waals surface area contributed by atoms with E-state index in [9.17, 15) is 4.79 Å². The van der Waals surface area contributed by atoms with Crippen LogP contribution in [0.1, 0.15) is 28.8 Å². The number of hydrogen-bond donors (Lipinski definition) is 0. The lowest BCUT2D eigenvalue weighted by Gasteiger charge is -2.14. The molecule has 0 aliphatic heterocycles. The number of carbonyl (C=O) groups is 1. The second-order valence-corrected chi connectivity index (χ2v) is 5.72. The first kappa shape index (κ1) is 12.7. The molecule has 0 saturated heterocycles. The molecule has 0 spiro atoms. The van der Waals surface area contributed by atoms with Crippen molar-refractivity contribution in [3.8, 4) is 0 Å². The predicted octanol–water partition coefficient (Wildman–Crippen LogP) is 4.91. The molecule has 0 radical (unpaired) electrons. The minimum Gasteiger partial charge on any atom is -0.293 e.